The molecule has 1 aromatic rings. The number of nitrogens with one attached hydrogen (secondary N) is 1. The zero-order valence-corrected chi connectivity index (χ0v) is 13.0. The highest BCUT2D eigenvalue weighted by atomic mass is 32.1. The van der Waals surface area contributed by atoms with Gasteiger partial charge in [-0.2, -0.15) is 0 Å². The molecule has 0 saturated heterocycles. The maximum atomic E-state index is 12.2. The van der Waals surface area contributed by atoms with Crippen LogP contribution in [0, 0.1) is 0 Å². The number of thiophene rings is 1. The monoisotopic (exact) mass is 323 g/mol. The highest BCUT2D eigenvalue weighted by molar-refractivity contribution is 7.17. The van der Waals surface area contributed by atoms with Gasteiger partial charge in [0, 0.05) is 18.0 Å². The third-order valence-electron chi connectivity index (χ3n) is 3.59. The SMILES string of the molecule is CN1CCc2c(sc(NC(=O)C3=COCCO3)c2C(N)=O)C1. The van der Waals surface area contributed by atoms with E-state index >= 15 is 0 Å². The summed E-state index contributed by atoms with van der Waals surface area (Å²) in [6, 6.07) is 0. The van der Waals surface area contributed by atoms with Crippen LogP contribution in [0.1, 0.15) is 20.8 Å². The molecule has 0 radical (unpaired) electrons. The number of primary amides is 1. The number of likely N-dealkylation sites (N-methyl/N-ethyl adjacent to an activating group) is 1. The molecule has 118 valence electrons. The Balaban J connectivity index is 1.88. The van der Waals surface area contributed by atoms with Crippen LogP contribution in [-0.4, -0.2) is 43.5 Å². The first-order chi connectivity index (χ1) is 10.6. The van der Waals surface area contributed by atoms with Crippen molar-refractivity contribution in [2.45, 2.75) is 13.0 Å². The molecule has 3 rings (SSSR count). The van der Waals surface area contributed by atoms with E-state index in [1.165, 1.54) is 17.6 Å². The van der Waals surface area contributed by atoms with E-state index in [0.29, 0.717) is 23.8 Å². The Kier molecular flexibility index (Phi) is 4.04. The molecule has 7 nitrogen and oxygen atoms in total. The summed E-state index contributed by atoms with van der Waals surface area (Å²) in [5.41, 5.74) is 6.86. The van der Waals surface area contributed by atoms with Crippen LogP contribution < -0.4 is 11.1 Å². The molecule has 0 spiro atoms. The number of hydrogen-bond donors (Lipinski definition) is 2. The fraction of sp³-hybridized carbons (Fsp3) is 0.429. The Bertz CT molecular complexity index is 653. The summed E-state index contributed by atoms with van der Waals surface area (Å²) in [5.74, 6) is -0.855. The van der Waals surface area contributed by atoms with Crippen LogP contribution in [0.2, 0.25) is 0 Å². The number of fused-ring (bicyclic) bond motifs is 1. The van der Waals surface area contributed by atoms with E-state index in [4.69, 9.17) is 15.2 Å². The summed E-state index contributed by atoms with van der Waals surface area (Å²) in [6.45, 7) is 2.36. The molecule has 0 aromatic carbocycles. The lowest BCUT2D eigenvalue weighted by Crippen LogP contribution is -2.27. The van der Waals surface area contributed by atoms with Crippen molar-refractivity contribution in [3.63, 3.8) is 0 Å². The Labute approximate surface area is 131 Å². The van der Waals surface area contributed by atoms with Gasteiger partial charge in [-0.15, -0.1) is 11.3 Å². The lowest BCUT2D eigenvalue weighted by atomic mass is 10.0. The zero-order valence-electron chi connectivity index (χ0n) is 12.2. The standard InChI is InChI=1S/C14H17N3O4S/c1-17-3-2-8-10(6-17)22-14(11(8)12(15)18)16-13(19)9-7-20-4-5-21-9/h7H,2-6H2,1H3,(H2,15,18)(H,16,19). The number of nitrogens with two attached hydrogens (primary N) is 1. The number of amides is 2. The fourth-order valence-corrected chi connectivity index (χ4v) is 3.86. The van der Waals surface area contributed by atoms with Crippen molar-refractivity contribution in [3.05, 3.63) is 28.0 Å². The maximum Gasteiger partial charge on any atom is 0.294 e. The van der Waals surface area contributed by atoms with Gasteiger partial charge in [0.05, 0.1) is 5.56 Å². The summed E-state index contributed by atoms with van der Waals surface area (Å²) in [4.78, 5) is 27.2. The molecule has 0 atom stereocenters. The van der Waals surface area contributed by atoms with Gasteiger partial charge in [0.2, 0.25) is 5.76 Å². The van der Waals surface area contributed by atoms with Gasteiger partial charge in [0.1, 0.15) is 24.5 Å². The largest absolute Gasteiger partial charge is 0.494 e. The third kappa shape index (κ3) is 2.79. The van der Waals surface area contributed by atoms with Crippen molar-refractivity contribution in [3.8, 4) is 0 Å². The van der Waals surface area contributed by atoms with Crippen molar-refractivity contribution < 1.29 is 19.1 Å². The second-order valence-electron chi connectivity index (χ2n) is 5.22. The number of nitrogens with zero attached hydrogens (tertiary/aromatic N) is 1. The van der Waals surface area contributed by atoms with Crippen LogP contribution >= 0.6 is 11.3 Å². The normalized spacial score (nSPS) is 17.8. The Morgan fingerprint density at radius 2 is 2.23 bits per heavy atom. The minimum Gasteiger partial charge on any atom is -0.494 e. The van der Waals surface area contributed by atoms with Gasteiger partial charge in [0.15, 0.2) is 0 Å². The highest BCUT2D eigenvalue weighted by Gasteiger charge is 2.27. The van der Waals surface area contributed by atoms with Crippen LogP contribution in [0.15, 0.2) is 12.0 Å². The maximum absolute atomic E-state index is 12.2. The molecule has 1 aromatic heterocycles. The van der Waals surface area contributed by atoms with Crippen molar-refractivity contribution in [2.75, 3.05) is 32.1 Å². The summed E-state index contributed by atoms with van der Waals surface area (Å²) in [5, 5.41) is 3.20. The van der Waals surface area contributed by atoms with Crippen molar-refractivity contribution in [1.82, 2.24) is 4.90 Å². The van der Waals surface area contributed by atoms with Crippen molar-refractivity contribution >= 4 is 28.2 Å². The van der Waals surface area contributed by atoms with Gasteiger partial charge in [-0.3, -0.25) is 9.59 Å². The van der Waals surface area contributed by atoms with Crippen molar-refractivity contribution in [1.29, 1.82) is 0 Å². The predicted molar refractivity (Wildman–Crippen MR) is 81.5 cm³/mol. The number of carbonyl (C=O) groups is 2. The summed E-state index contributed by atoms with van der Waals surface area (Å²) >= 11 is 1.39. The minimum absolute atomic E-state index is 0.102. The molecule has 0 bridgehead atoms. The van der Waals surface area contributed by atoms with E-state index in [2.05, 4.69) is 10.2 Å². The highest BCUT2D eigenvalue weighted by Crippen LogP contribution is 2.36. The average Bonchev–Trinajstić information content (AvgIpc) is 2.85. The molecule has 0 saturated carbocycles. The number of anilines is 1. The van der Waals surface area contributed by atoms with Gasteiger partial charge in [-0.05, 0) is 19.0 Å². The molecule has 0 unspecified atom stereocenters. The summed E-state index contributed by atoms with van der Waals surface area (Å²) in [6.07, 6.45) is 2.03. The number of rotatable bonds is 3. The first-order valence-electron chi connectivity index (χ1n) is 6.95. The van der Waals surface area contributed by atoms with E-state index in [9.17, 15) is 9.59 Å². The topological polar surface area (TPSA) is 93.9 Å². The van der Waals surface area contributed by atoms with Gasteiger partial charge in [-0.1, -0.05) is 0 Å². The second-order valence-corrected chi connectivity index (χ2v) is 6.32. The van der Waals surface area contributed by atoms with Crippen LogP contribution in [0.3, 0.4) is 0 Å². The number of ether oxygens (including phenoxy) is 2. The number of hydrogen-bond acceptors (Lipinski definition) is 6. The van der Waals surface area contributed by atoms with E-state index < -0.39 is 11.8 Å². The lowest BCUT2D eigenvalue weighted by Gasteiger charge is -2.22. The summed E-state index contributed by atoms with van der Waals surface area (Å²) < 4.78 is 10.3. The van der Waals surface area contributed by atoms with Gasteiger partial charge in [0.25, 0.3) is 11.8 Å². The molecule has 8 heteroatoms. The first kappa shape index (κ1) is 14.9. The van der Waals surface area contributed by atoms with Crippen LogP contribution in [0.5, 0.6) is 0 Å². The molecule has 2 amide bonds. The molecular formula is C14H17N3O4S. The first-order valence-corrected chi connectivity index (χ1v) is 7.76. The Morgan fingerprint density at radius 3 is 2.91 bits per heavy atom. The third-order valence-corrected chi connectivity index (χ3v) is 4.73. The molecule has 22 heavy (non-hydrogen) atoms. The van der Waals surface area contributed by atoms with E-state index in [-0.39, 0.29) is 5.76 Å². The van der Waals surface area contributed by atoms with Crippen LogP contribution in [0.4, 0.5) is 5.00 Å². The molecule has 2 aliphatic rings. The minimum atomic E-state index is -0.521. The van der Waals surface area contributed by atoms with Crippen LogP contribution in [-0.2, 0) is 27.2 Å². The molecule has 3 heterocycles. The molecule has 2 aliphatic heterocycles. The zero-order chi connectivity index (χ0) is 15.7. The second kappa shape index (κ2) is 5.98. The molecule has 0 aliphatic carbocycles. The Morgan fingerprint density at radius 1 is 1.41 bits per heavy atom. The molecule has 0 fully saturated rings. The Hall–Kier alpha value is -2.06. The van der Waals surface area contributed by atoms with Gasteiger partial charge < -0.3 is 25.4 Å². The fourth-order valence-electron chi connectivity index (χ4n) is 2.53. The molecule has 3 N–H and O–H groups in total. The quantitative estimate of drug-likeness (QED) is 0.852. The smallest absolute Gasteiger partial charge is 0.294 e. The van der Waals surface area contributed by atoms with Crippen molar-refractivity contribution in [2.24, 2.45) is 5.73 Å². The van der Waals surface area contributed by atoms with Crippen LogP contribution in [0.25, 0.3) is 0 Å². The summed E-state index contributed by atoms with van der Waals surface area (Å²) in [7, 11) is 2.02. The van der Waals surface area contributed by atoms with E-state index in [1.807, 2.05) is 7.05 Å². The van der Waals surface area contributed by atoms with Gasteiger partial charge in [-0.25, -0.2) is 0 Å². The average molecular weight is 323 g/mol. The van der Waals surface area contributed by atoms with Gasteiger partial charge >= 0.3 is 0 Å². The predicted octanol–water partition coefficient (Wildman–Crippen LogP) is 0.662. The number of carbonyl (C=O) groups excluding carboxylic acids is 2. The van der Waals surface area contributed by atoms with E-state index in [1.54, 1.807) is 0 Å². The van der Waals surface area contributed by atoms with E-state index in [0.717, 1.165) is 30.0 Å². The molecular weight excluding hydrogens is 306 g/mol. The lowest BCUT2D eigenvalue weighted by molar-refractivity contribution is -0.117.